The fourth-order valence-electron chi connectivity index (χ4n) is 10.7. The first-order valence-corrected chi connectivity index (χ1v) is 19.1. The summed E-state index contributed by atoms with van der Waals surface area (Å²) < 4.78 is 2.47. The summed E-state index contributed by atoms with van der Waals surface area (Å²) in [5, 5.41) is 8.07. The Hall–Kier alpha value is -6.70. The van der Waals surface area contributed by atoms with Crippen molar-refractivity contribution in [2.24, 2.45) is 0 Å². The van der Waals surface area contributed by atoms with E-state index >= 15 is 0 Å². The third kappa shape index (κ3) is 3.42. The van der Waals surface area contributed by atoms with Crippen molar-refractivity contribution in [3.8, 4) is 72.4 Å². The van der Waals surface area contributed by atoms with Gasteiger partial charge in [-0.2, -0.15) is 0 Å². The second-order valence-electron chi connectivity index (χ2n) is 16.0. The SMILES string of the molecule is CC1(C)c2cc(-c3ccc4c(c3)c3c5cccc6c5c(cc3n4-c3ccccc3)-c3ccccc3-6)ccc2-c2c1cc1c3c(cccc23)-c2ccccc2-1. The van der Waals surface area contributed by atoms with Crippen LogP contribution in [-0.2, 0) is 5.41 Å². The van der Waals surface area contributed by atoms with Crippen LogP contribution in [0.3, 0.4) is 0 Å². The maximum atomic E-state index is 2.51. The minimum absolute atomic E-state index is 0.139. The van der Waals surface area contributed by atoms with Crippen LogP contribution in [0.15, 0.2) is 164 Å². The van der Waals surface area contributed by atoms with E-state index in [4.69, 9.17) is 0 Å². The highest BCUT2D eigenvalue weighted by Gasteiger charge is 2.39. The first-order valence-electron chi connectivity index (χ1n) is 19.1. The maximum absolute atomic E-state index is 2.51. The van der Waals surface area contributed by atoms with Crippen LogP contribution in [0.5, 0.6) is 0 Å². The lowest BCUT2D eigenvalue weighted by Crippen LogP contribution is -2.15. The molecule has 1 heteroatoms. The van der Waals surface area contributed by atoms with Gasteiger partial charge in [-0.15, -0.1) is 0 Å². The fourth-order valence-corrected chi connectivity index (χ4v) is 10.7. The van der Waals surface area contributed by atoms with E-state index in [1.54, 1.807) is 0 Å². The molecule has 0 unspecified atom stereocenters. The maximum Gasteiger partial charge on any atom is 0.0553 e. The Kier molecular flexibility index (Phi) is 5.25. The summed E-state index contributed by atoms with van der Waals surface area (Å²) in [7, 11) is 0. The summed E-state index contributed by atoms with van der Waals surface area (Å²) in [5.41, 5.74) is 22.4. The molecule has 9 aromatic carbocycles. The first kappa shape index (κ1) is 28.8. The van der Waals surface area contributed by atoms with Crippen LogP contribution in [0.25, 0.3) is 116 Å². The van der Waals surface area contributed by atoms with Crippen molar-refractivity contribution in [1.29, 1.82) is 0 Å². The Balaban J connectivity index is 1.05. The standard InChI is InChI=1S/C53H33N/c1-53(2)45-27-31(22-24-39(45)51-40-20-10-18-37-33-14-6-8-16-35(33)42(49(37)40)28-46(51)53)30-23-25-47-44(26-30)52-41-21-11-19-38-34-15-7-9-17-36(34)43(50(38)41)29-48(52)54(47)32-12-4-3-5-13-32/h3-29H,1-2H3. The van der Waals surface area contributed by atoms with Gasteiger partial charge < -0.3 is 4.57 Å². The number of benzene rings is 9. The van der Waals surface area contributed by atoms with Gasteiger partial charge in [-0.1, -0.05) is 135 Å². The molecule has 3 aliphatic rings. The highest BCUT2D eigenvalue weighted by molar-refractivity contribution is 6.29. The molecular weight excluding hydrogens is 651 g/mol. The molecule has 0 N–H and O–H groups in total. The molecule has 13 rings (SSSR count). The molecule has 0 atom stereocenters. The molecule has 0 aliphatic heterocycles. The van der Waals surface area contributed by atoms with Crippen LogP contribution >= 0.6 is 0 Å². The van der Waals surface area contributed by atoms with Gasteiger partial charge in [-0.3, -0.25) is 0 Å². The molecule has 0 radical (unpaired) electrons. The molecule has 54 heavy (non-hydrogen) atoms. The Labute approximate surface area is 313 Å². The van der Waals surface area contributed by atoms with E-state index in [9.17, 15) is 0 Å². The van der Waals surface area contributed by atoms with E-state index in [-0.39, 0.29) is 5.41 Å². The monoisotopic (exact) mass is 683 g/mol. The van der Waals surface area contributed by atoms with Gasteiger partial charge in [-0.05, 0) is 142 Å². The van der Waals surface area contributed by atoms with Crippen molar-refractivity contribution in [3.05, 3.63) is 175 Å². The van der Waals surface area contributed by atoms with Crippen molar-refractivity contribution < 1.29 is 0 Å². The second kappa shape index (κ2) is 9.83. The van der Waals surface area contributed by atoms with Crippen LogP contribution in [0.4, 0.5) is 0 Å². The largest absolute Gasteiger partial charge is 0.309 e. The van der Waals surface area contributed by atoms with E-state index in [2.05, 4.69) is 182 Å². The number of hydrogen-bond donors (Lipinski definition) is 0. The molecule has 1 heterocycles. The van der Waals surface area contributed by atoms with Crippen molar-refractivity contribution in [2.75, 3.05) is 0 Å². The van der Waals surface area contributed by atoms with Crippen LogP contribution in [0, 0.1) is 0 Å². The Bertz CT molecular complexity index is 3340. The zero-order valence-corrected chi connectivity index (χ0v) is 30.0. The Morgan fingerprint density at radius 1 is 0.352 bits per heavy atom. The quantitative estimate of drug-likeness (QED) is 0.171. The molecule has 250 valence electrons. The average molecular weight is 684 g/mol. The van der Waals surface area contributed by atoms with Gasteiger partial charge >= 0.3 is 0 Å². The molecule has 0 amide bonds. The minimum Gasteiger partial charge on any atom is -0.309 e. The van der Waals surface area contributed by atoms with Gasteiger partial charge in [0.2, 0.25) is 0 Å². The Morgan fingerprint density at radius 3 is 1.65 bits per heavy atom. The number of fused-ring (bicyclic) bond motifs is 14. The zero-order valence-electron chi connectivity index (χ0n) is 30.0. The number of para-hydroxylation sites is 1. The average Bonchev–Trinajstić information content (AvgIpc) is 3.91. The highest BCUT2D eigenvalue weighted by Crippen LogP contribution is 2.58. The number of aromatic nitrogens is 1. The summed E-state index contributed by atoms with van der Waals surface area (Å²) in [6.07, 6.45) is 0. The third-order valence-electron chi connectivity index (χ3n) is 13.0. The normalized spacial score (nSPS) is 13.9. The van der Waals surface area contributed by atoms with Crippen molar-refractivity contribution in [3.63, 3.8) is 0 Å². The lowest BCUT2D eigenvalue weighted by atomic mass is 9.80. The lowest BCUT2D eigenvalue weighted by molar-refractivity contribution is 0.661. The minimum atomic E-state index is -0.139. The predicted octanol–water partition coefficient (Wildman–Crippen LogP) is 14.4. The van der Waals surface area contributed by atoms with Gasteiger partial charge in [0.25, 0.3) is 0 Å². The second-order valence-corrected chi connectivity index (χ2v) is 16.0. The van der Waals surface area contributed by atoms with Crippen LogP contribution in [0.2, 0.25) is 0 Å². The van der Waals surface area contributed by atoms with E-state index < -0.39 is 0 Å². The number of nitrogens with zero attached hydrogens (tertiary/aromatic N) is 1. The lowest BCUT2D eigenvalue weighted by Gasteiger charge is -2.23. The van der Waals surface area contributed by atoms with Crippen LogP contribution in [0.1, 0.15) is 25.0 Å². The van der Waals surface area contributed by atoms with E-state index in [1.165, 1.54) is 127 Å². The smallest absolute Gasteiger partial charge is 0.0553 e. The number of rotatable bonds is 2. The highest BCUT2D eigenvalue weighted by atomic mass is 15.0. The van der Waals surface area contributed by atoms with Gasteiger partial charge in [0.05, 0.1) is 11.0 Å². The Morgan fingerprint density at radius 2 is 0.926 bits per heavy atom. The summed E-state index contributed by atoms with van der Waals surface area (Å²) >= 11 is 0. The molecule has 0 spiro atoms. The fraction of sp³-hybridized carbons (Fsp3) is 0.0566. The first-order chi connectivity index (χ1) is 26.6. The zero-order chi connectivity index (χ0) is 35.4. The molecule has 1 nitrogen and oxygen atoms in total. The molecule has 3 aliphatic carbocycles. The van der Waals surface area contributed by atoms with Gasteiger partial charge in [0, 0.05) is 21.9 Å². The van der Waals surface area contributed by atoms with Crippen LogP contribution < -0.4 is 0 Å². The third-order valence-corrected chi connectivity index (χ3v) is 13.0. The molecule has 0 saturated heterocycles. The number of hydrogen-bond acceptors (Lipinski definition) is 0. The topological polar surface area (TPSA) is 4.93 Å². The molecule has 10 aromatic rings. The van der Waals surface area contributed by atoms with Crippen LogP contribution in [-0.4, -0.2) is 4.57 Å². The van der Waals surface area contributed by atoms with Gasteiger partial charge in [-0.25, -0.2) is 0 Å². The molecular formula is C53H33N. The summed E-state index contributed by atoms with van der Waals surface area (Å²) in [5.74, 6) is 0. The molecule has 0 saturated carbocycles. The van der Waals surface area contributed by atoms with Gasteiger partial charge in [0.15, 0.2) is 0 Å². The van der Waals surface area contributed by atoms with Crippen molar-refractivity contribution in [1.82, 2.24) is 4.57 Å². The predicted molar refractivity (Wildman–Crippen MR) is 228 cm³/mol. The molecule has 1 aromatic heterocycles. The summed E-state index contributed by atoms with van der Waals surface area (Å²) in [6, 6.07) is 61.8. The summed E-state index contributed by atoms with van der Waals surface area (Å²) in [4.78, 5) is 0. The van der Waals surface area contributed by atoms with E-state index in [0.717, 1.165) is 0 Å². The van der Waals surface area contributed by atoms with E-state index in [1.807, 2.05) is 0 Å². The van der Waals surface area contributed by atoms with Gasteiger partial charge in [0.1, 0.15) is 0 Å². The molecule has 0 fully saturated rings. The summed E-state index contributed by atoms with van der Waals surface area (Å²) in [6.45, 7) is 4.84. The van der Waals surface area contributed by atoms with Crippen molar-refractivity contribution in [2.45, 2.75) is 19.3 Å². The van der Waals surface area contributed by atoms with E-state index in [0.29, 0.717) is 0 Å². The van der Waals surface area contributed by atoms with Crippen molar-refractivity contribution >= 4 is 43.4 Å². The molecule has 0 bridgehead atoms.